The van der Waals surface area contributed by atoms with Gasteiger partial charge in [-0.05, 0) is 36.2 Å². The Hall–Kier alpha value is -1.71. The van der Waals surface area contributed by atoms with Crippen LogP contribution in [0.25, 0.3) is 0 Å². The number of hydrogen-bond donors (Lipinski definition) is 1. The SMILES string of the molecule is O=C(CCN1CCc2ccccc21)Nc1cc(Cl)ccc1Cl. The summed E-state index contributed by atoms with van der Waals surface area (Å²) in [5.41, 5.74) is 3.14. The van der Waals surface area contributed by atoms with E-state index in [9.17, 15) is 4.79 Å². The average molecular weight is 335 g/mol. The lowest BCUT2D eigenvalue weighted by Crippen LogP contribution is -2.26. The van der Waals surface area contributed by atoms with E-state index >= 15 is 0 Å². The first-order chi connectivity index (χ1) is 10.6. The largest absolute Gasteiger partial charge is 0.370 e. The van der Waals surface area contributed by atoms with Gasteiger partial charge >= 0.3 is 0 Å². The predicted molar refractivity (Wildman–Crippen MR) is 92.1 cm³/mol. The minimum Gasteiger partial charge on any atom is -0.370 e. The zero-order valence-electron chi connectivity index (χ0n) is 12.0. The van der Waals surface area contributed by atoms with Crippen LogP contribution in [0.3, 0.4) is 0 Å². The third-order valence-electron chi connectivity index (χ3n) is 3.79. The molecule has 2 aromatic carbocycles. The Balaban J connectivity index is 1.58. The predicted octanol–water partition coefficient (Wildman–Crippen LogP) is 4.38. The molecule has 114 valence electrons. The molecule has 22 heavy (non-hydrogen) atoms. The van der Waals surface area contributed by atoms with Gasteiger partial charge in [0, 0.05) is 30.2 Å². The molecule has 1 amide bonds. The number of halogens is 2. The van der Waals surface area contributed by atoms with Crippen molar-refractivity contribution in [1.29, 1.82) is 0 Å². The minimum absolute atomic E-state index is 0.0615. The van der Waals surface area contributed by atoms with Crippen molar-refractivity contribution in [2.24, 2.45) is 0 Å². The zero-order chi connectivity index (χ0) is 15.5. The molecule has 0 unspecified atom stereocenters. The lowest BCUT2D eigenvalue weighted by molar-refractivity contribution is -0.116. The van der Waals surface area contributed by atoms with Crippen LogP contribution >= 0.6 is 23.2 Å². The van der Waals surface area contributed by atoms with Crippen molar-refractivity contribution in [2.75, 3.05) is 23.3 Å². The van der Waals surface area contributed by atoms with Gasteiger partial charge in [0.05, 0.1) is 10.7 Å². The maximum Gasteiger partial charge on any atom is 0.226 e. The van der Waals surface area contributed by atoms with Crippen LogP contribution in [-0.2, 0) is 11.2 Å². The molecule has 2 aromatic rings. The van der Waals surface area contributed by atoms with E-state index in [2.05, 4.69) is 28.4 Å². The number of hydrogen-bond acceptors (Lipinski definition) is 2. The van der Waals surface area contributed by atoms with Crippen LogP contribution in [0, 0.1) is 0 Å². The molecule has 1 aliphatic heterocycles. The highest BCUT2D eigenvalue weighted by atomic mass is 35.5. The van der Waals surface area contributed by atoms with E-state index in [0.717, 1.165) is 13.0 Å². The van der Waals surface area contributed by atoms with Crippen LogP contribution in [0.4, 0.5) is 11.4 Å². The summed E-state index contributed by atoms with van der Waals surface area (Å²) < 4.78 is 0. The second kappa shape index (κ2) is 6.59. The van der Waals surface area contributed by atoms with Crippen molar-refractivity contribution in [1.82, 2.24) is 0 Å². The van der Waals surface area contributed by atoms with E-state index < -0.39 is 0 Å². The molecular weight excluding hydrogens is 319 g/mol. The first kappa shape index (κ1) is 15.2. The quantitative estimate of drug-likeness (QED) is 0.899. The second-order valence-corrected chi connectivity index (χ2v) is 6.13. The smallest absolute Gasteiger partial charge is 0.226 e. The summed E-state index contributed by atoms with van der Waals surface area (Å²) in [6.45, 7) is 1.66. The van der Waals surface area contributed by atoms with Crippen molar-refractivity contribution in [3.63, 3.8) is 0 Å². The number of anilines is 2. The highest BCUT2D eigenvalue weighted by Gasteiger charge is 2.18. The molecular formula is C17H16Cl2N2O. The Kier molecular flexibility index (Phi) is 4.55. The third kappa shape index (κ3) is 3.37. The zero-order valence-corrected chi connectivity index (χ0v) is 13.5. The van der Waals surface area contributed by atoms with Crippen LogP contribution < -0.4 is 10.2 Å². The van der Waals surface area contributed by atoms with Gasteiger partial charge in [0.2, 0.25) is 5.91 Å². The number of benzene rings is 2. The number of rotatable bonds is 4. The molecule has 0 spiro atoms. The first-order valence-corrected chi connectivity index (χ1v) is 7.97. The van der Waals surface area contributed by atoms with E-state index in [-0.39, 0.29) is 5.91 Å². The lowest BCUT2D eigenvalue weighted by Gasteiger charge is -2.19. The Bertz CT molecular complexity index is 703. The molecule has 3 nitrogen and oxygen atoms in total. The summed E-state index contributed by atoms with van der Waals surface area (Å²) in [5, 5.41) is 3.86. The number of para-hydroxylation sites is 1. The van der Waals surface area contributed by atoms with Gasteiger partial charge in [-0.2, -0.15) is 0 Å². The summed E-state index contributed by atoms with van der Waals surface area (Å²) >= 11 is 12.0. The van der Waals surface area contributed by atoms with Gasteiger partial charge in [0.1, 0.15) is 0 Å². The van der Waals surface area contributed by atoms with E-state index in [1.165, 1.54) is 11.3 Å². The van der Waals surface area contributed by atoms with Crippen LogP contribution in [0.1, 0.15) is 12.0 Å². The second-order valence-electron chi connectivity index (χ2n) is 5.29. The fourth-order valence-corrected chi connectivity index (χ4v) is 3.02. The molecule has 0 radical (unpaired) electrons. The topological polar surface area (TPSA) is 32.3 Å². The minimum atomic E-state index is -0.0615. The van der Waals surface area contributed by atoms with E-state index in [1.807, 2.05) is 6.07 Å². The molecule has 0 bridgehead atoms. The van der Waals surface area contributed by atoms with Gasteiger partial charge in [-0.1, -0.05) is 41.4 Å². The maximum atomic E-state index is 12.1. The van der Waals surface area contributed by atoms with Crippen LogP contribution in [0.5, 0.6) is 0 Å². The van der Waals surface area contributed by atoms with Gasteiger partial charge < -0.3 is 10.2 Å². The molecule has 1 aliphatic rings. The Morgan fingerprint density at radius 1 is 1.18 bits per heavy atom. The number of carbonyl (C=O) groups is 1. The Morgan fingerprint density at radius 3 is 2.86 bits per heavy atom. The Morgan fingerprint density at radius 2 is 2.00 bits per heavy atom. The molecule has 5 heteroatoms. The van der Waals surface area contributed by atoms with Crippen molar-refractivity contribution < 1.29 is 4.79 Å². The van der Waals surface area contributed by atoms with Crippen molar-refractivity contribution in [3.05, 3.63) is 58.1 Å². The molecule has 1 heterocycles. The number of fused-ring (bicyclic) bond motifs is 1. The van der Waals surface area contributed by atoms with Crippen LogP contribution in [0.2, 0.25) is 10.0 Å². The summed E-state index contributed by atoms with van der Waals surface area (Å²) in [7, 11) is 0. The van der Waals surface area contributed by atoms with Crippen LogP contribution in [0.15, 0.2) is 42.5 Å². The van der Waals surface area contributed by atoms with E-state index in [1.54, 1.807) is 18.2 Å². The van der Waals surface area contributed by atoms with Gasteiger partial charge in [-0.3, -0.25) is 4.79 Å². The summed E-state index contributed by atoms with van der Waals surface area (Å²) in [4.78, 5) is 14.3. The molecule has 0 aromatic heterocycles. The van der Waals surface area contributed by atoms with Crippen molar-refractivity contribution in [2.45, 2.75) is 12.8 Å². The summed E-state index contributed by atoms with van der Waals surface area (Å²) in [6, 6.07) is 13.4. The normalized spacial score (nSPS) is 13.1. The number of amides is 1. The molecule has 0 atom stereocenters. The maximum absolute atomic E-state index is 12.1. The number of carbonyl (C=O) groups excluding carboxylic acids is 1. The summed E-state index contributed by atoms with van der Waals surface area (Å²) in [6.07, 6.45) is 1.45. The molecule has 1 N–H and O–H groups in total. The van der Waals surface area contributed by atoms with Gasteiger partial charge in [-0.25, -0.2) is 0 Å². The molecule has 0 saturated heterocycles. The lowest BCUT2D eigenvalue weighted by atomic mass is 10.2. The van der Waals surface area contributed by atoms with Gasteiger partial charge in [0.15, 0.2) is 0 Å². The van der Waals surface area contributed by atoms with Gasteiger partial charge in [-0.15, -0.1) is 0 Å². The van der Waals surface area contributed by atoms with E-state index in [4.69, 9.17) is 23.2 Å². The third-order valence-corrected chi connectivity index (χ3v) is 4.36. The number of nitrogens with one attached hydrogen (secondary N) is 1. The van der Waals surface area contributed by atoms with Gasteiger partial charge in [0.25, 0.3) is 0 Å². The Labute approximate surface area is 139 Å². The fraction of sp³-hybridized carbons (Fsp3) is 0.235. The number of nitrogens with zero attached hydrogens (tertiary/aromatic N) is 1. The van der Waals surface area contributed by atoms with Crippen molar-refractivity contribution >= 4 is 40.5 Å². The highest BCUT2D eigenvalue weighted by Crippen LogP contribution is 2.28. The molecule has 0 aliphatic carbocycles. The monoisotopic (exact) mass is 334 g/mol. The van der Waals surface area contributed by atoms with Crippen molar-refractivity contribution in [3.8, 4) is 0 Å². The average Bonchev–Trinajstić information content (AvgIpc) is 2.92. The summed E-state index contributed by atoms with van der Waals surface area (Å²) in [5.74, 6) is -0.0615. The van der Waals surface area contributed by atoms with Crippen LogP contribution in [-0.4, -0.2) is 19.0 Å². The molecule has 0 fully saturated rings. The molecule has 3 rings (SSSR count). The van der Waals surface area contributed by atoms with E-state index in [0.29, 0.717) is 28.7 Å². The fourth-order valence-electron chi connectivity index (χ4n) is 2.68. The highest BCUT2D eigenvalue weighted by molar-refractivity contribution is 6.35. The first-order valence-electron chi connectivity index (χ1n) is 7.21. The molecule has 0 saturated carbocycles. The standard InChI is InChI=1S/C17H16Cl2N2O/c18-13-5-6-14(19)15(11-13)20-17(22)8-10-21-9-7-12-3-1-2-4-16(12)21/h1-6,11H,7-10H2,(H,20,22).